The van der Waals surface area contributed by atoms with Crippen molar-refractivity contribution in [3.63, 3.8) is 0 Å². The Hall–Kier alpha value is -2.08. The molecule has 1 aliphatic rings. The lowest BCUT2D eigenvalue weighted by molar-refractivity contribution is 0.277. The number of hydrogen-bond donors (Lipinski definition) is 1. The molecule has 0 aliphatic carbocycles. The Morgan fingerprint density at radius 1 is 1.43 bits per heavy atom. The van der Waals surface area contributed by atoms with Crippen LogP contribution in [0.15, 0.2) is 33.8 Å². The smallest absolute Gasteiger partial charge is 0.248 e. The highest BCUT2D eigenvalue weighted by Gasteiger charge is 2.17. The molecule has 6 nitrogen and oxygen atoms in total. The molecule has 1 aromatic carbocycles. The number of nitrogens with two attached hydrogens (primary N) is 1. The van der Waals surface area contributed by atoms with Crippen LogP contribution in [-0.4, -0.2) is 34.1 Å². The second kappa shape index (κ2) is 7.00. The summed E-state index contributed by atoms with van der Waals surface area (Å²) in [7, 11) is 0. The molecule has 3 rings (SSSR count). The third-order valence-electron chi connectivity index (χ3n) is 4.03. The molecule has 0 radical (unpaired) electrons. The highest BCUT2D eigenvalue weighted by Crippen LogP contribution is 2.20. The minimum Gasteiger partial charge on any atom is -0.370 e. The van der Waals surface area contributed by atoms with Gasteiger partial charge in [-0.25, -0.2) is 4.99 Å². The summed E-state index contributed by atoms with van der Waals surface area (Å²) in [6.07, 6.45) is 2.30. The summed E-state index contributed by atoms with van der Waals surface area (Å²) in [6, 6.07) is 7.33. The first-order valence-corrected chi connectivity index (χ1v) is 8.13. The van der Waals surface area contributed by atoms with Gasteiger partial charge in [-0.2, -0.15) is 4.98 Å². The monoisotopic (exact) mass is 333 g/mol. The van der Waals surface area contributed by atoms with Crippen LogP contribution in [0, 0.1) is 5.92 Å². The van der Waals surface area contributed by atoms with E-state index in [0.717, 1.165) is 37.4 Å². The third kappa shape index (κ3) is 4.01. The summed E-state index contributed by atoms with van der Waals surface area (Å²) in [6.45, 7) is 4.45. The maximum atomic E-state index is 6.05. The molecule has 0 amide bonds. The van der Waals surface area contributed by atoms with Crippen molar-refractivity contribution in [3.05, 3.63) is 35.2 Å². The first-order valence-electron chi connectivity index (χ1n) is 7.75. The lowest BCUT2D eigenvalue weighted by Crippen LogP contribution is -2.42. The van der Waals surface area contributed by atoms with Gasteiger partial charge in [0.15, 0.2) is 5.96 Å². The number of nitrogens with zero attached hydrogens (tertiary/aromatic N) is 4. The van der Waals surface area contributed by atoms with Crippen LogP contribution in [0.25, 0.3) is 11.4 Å². The third-order valence-corrected chi connectivity index (χ3v) is 4.27. The van der Waals surface area contributed by atoms with Crippen molar-refractivity contribution in [3.8, 4) is 11.4 Å². The molecule has 1 aliphatic heterocycles. The Labute approximate surface area is 140 Å². The number of aromatic nitrogens is 2. The number of halogens is 1. The second-order valence-corrected chi connectivity index (χ2v) is 6.30. The predicted octanol–water partition coefficient (Wildman–Crippen LogP) is 2.94. The average Bonchev–Trinajstić information content (AvgIpc) is 3.02. The fourth-order valence-corrected chi connectivity index (χ4v) is 2.74. The van der Waals surface area contributed by atoms with Crippen molar-refractivity contribution >= 4 is 17.6 Å². The van der Waals surface area contributed by atoms with Crippen molar-refractivity contribution < 1.29 is 4.52 Å². The summed E-state index contributed by atoms with van der Waals surface area (Å²) in [5.41, 5.74) is 6.86. The van der Waals surface area contributed by atoms with Gasteiger partial charge < -0.3 is 15.2 Å². The van der Waals surface area contributed by atoms with E-state index in [4.69, 9.17) is 21.9 Å². The first kappa shape index (κ1) is 15.8. The molecule has 0 bridgehead atoms. The van der Waals surface area contributed by atoms with Crippen LogP contribution in [0.4, 0.5) is 0 Å². The Morgan fingerprint density at radius 3 is 2.96 bits per heavy atom. The van der Waals surface area contributed by atoms with E-state index in [1.807, 2.05) is 12.1 Å². The van der Waals surface area contributed by atoms with E-state index in [1.54, 1.807) is 12.1 Å². The fraction of sp³-hybridized carbons (Fsp3) is 0.438. The molecule has 0 saturated carbocycles. The highest BCUT2D eigenvalue weighted by atomic mass is 35.5. The Morgan fingerprint density at radius 2 is 2.22 bits per heavy atom. The lowest BCUT2D eigenvalue weighted by Gasteiger charge is -2.30. The van der Waals surface area contributed by atoms with E-state index in [1.165, 1.54) is 0 Å². The van der Waals surface area contributed by atoms with E-state index in [0.29, 0.717) is 22.7 Å². The molecule has 2 aromatic rings. The van der Waals surface area contributed by atoms with Crippen LogP contribution in [0.2, 0.25) is 5.02 Å². The zero-order valence-electron chi connectivity index (χ0n) is 13.1. The van der Waals surface area contributed by atoms with Crippen molar-refractivity contribution in [2.45, 2.75) is 26.3 Å². The quantitative estimate of drug-likeness (QED) is 0.690. The summed E-state index contributed by atoms with van der Waals surface area (Å²) < 4.78 is 5.23. The van der Waals surface area contributed by atoms with Crippen LogP contribution in [0.3, 0.4) is 0 Å². The van der Waals surface area contributed by atoms with Gasteiger partial charge in [-0.1, -0.05) is 35.8 Å². The van der Waals surface area contributed by atoms with Crippen molar-refractivity contribution in [1.29, 1.82) is 0 Å². The molecule has 1 saturated heterocycles. The van der Waals surface area contributed by atoms with E-state index in [-0.39, 0.29) is 6.54 Å². The minimum absolute atomic E-state index is 0.283. The van der Waals surface area contributed by atoms with Crippen LogP contribution in [0.1, 0.15) is 25.7 Å². The van der Waals surface area contributed by atoms with Crippen LogP contribution >= 0.6 is 11.6 Å². The van der Waals surface area contributed by atoms with Gasteiger partial charge in [0, 0.05) is 23.7 Å². The fourth-order valence-electron chi connectivity index (χ4n) is 2.55. The molecule has 0 atom stereocenters. The van der Waals surface area contributed by atoms with Gasteiger partial charge >= 0.3 is 0 Å². The number of likely N-dealkylation sites (tertiary alicyclic amines) is 1. The van der Waals surface area contributed by atoms with Crippen LogP contribution in [0.5, 0.6) is 0 Å². The Bertz CT molecular complexity index is 691. The van der Waals surface area contributed by atoms with Gasteiger partial charge in [0.1, 0.15) is 6.54 Å². The summed E-state index contributed by atoms with van der Waals surface area (Å²) in [5.74, 6) is 2.24. The van der Waals surface area contributed by atoms with E-state index in [9.17, 15) is 0 Å². The molecule has 2 heterocycles. The number of piperidine rings is 1. The first-order chi connectivity index (χ1) is 11.1. The van der Waals surface area contributed by atoms with Gasteiger partial charge in [0.2, 0.25) is 11.7 Å². The summed E-state index contributed by atoms with van der Waals surface area (Å²) in [4.78, 5) is 10.8. The van der Waals surface area contributed by atoms with Crippen molar-refractivity contribution in [2.75, 3.05) is 13.1 Å². The average molecular weight is 334 g/mol. The summed E-state index contributed by atoms with van der Waals surface area (Å²) in [5, 5.41) is 4.59. The number of hydrogen-bond acceptors (Lipinski definition) is 4. The number of aliphatic imine (C=N–C) groups is 1. The van der Waals surface area contributed by atoms with Gasteiger partial charge in [-0.3, -0.25) is 0 Å². The van der Waals surface area contributed by atoms with Gasteiger partial charge in [-0.15, -0.1) is 0 Å². The number of benzene rings is 1. The van der Waals surface area contributed by atoms with Gasteiger partial charge in [0.25, 0.3) is 0 Å². The maximum absolute atomic E-state index is 6.05. The molecule has 23 heavy (non-hydrogen) atoms. The standard InChI is InChI=1S/C16H20ClN5O/c1-11-5-7-22(8-6-11)16(18)19-10-14-20-15(21-23-14)12-3-2-4-13(17)9-12/h2-4,9,11H,5-8,10H2,1H3,(H2,18,19). The molecule has 1 fully saturated rings. The zero-order valence-corrected chi connectivity index (χ0v) is 13.8. The van der Waals surface area contributed by atoms with Crippen molar-refractivity contribution in [2.24, 2.45) is 16.6 Å². The van der Waals surface area contributed by atoms with E-state index < -0.39 is 0 Å². The summed E-state index contributed by atoms with van der Waals surface area (Å²) >= 11 is 5.97. The Balaban J connectivity index is 1.64. The topological polar surface area (TPSA) is 80.5 Å². The predicted molar refractivity (Wildman–Crippen MR) is 90.0 cm³/mol. The van der Waals surface area contributed by atoms with Gasteiger partial charge in [-0.05, 0) is 30.9 Å². The molecule has 0 unspecified atom stereocenters. The van der Waals surface area contributed by atoms with Gasteiger partial charge in [0.05, 0.1) is 0 Å². The minimum atomic E-state index is 0.283. The SMILES string of the molecule is CC1CCN(C(N)=NCc2nc(-c3cccc(Cl)c3)no2)CC1. The van der Waals surface area contributed by atoms with Crippen molar-refractivity contribution in [1.82, 2.24) is 15.0 Å². The zero-order chi connectivity index (χ0) is 16.2. The molecule has 122 valence electrons. The Kier molecular flexibility index (Phi) is 4.81. The molecule has 0 spiro atoms. The lowest BCUT2D eigenvalue weighted by atomic mass is 10.00. The number of guanidine groups is 1. The van der Waals surface area contributed by atoms with Crippen LogP contribution < -0.4 is 5.73 Å². The molecular formula is C16H20ClN5O. The normalized spacial score (nSPS) is 16.8. The van der Waals surface area contributed by atoms with E-state index >= 15 is 0 Å². The second-order valence-electron chi connectivity index (χ2n) is 5.87. The molecular weight excluding hydrogens is 314 g/mol. The molecule has 1 aromatic heterocycles. The highest BCUT2D eigenvalue weighted by molar-refractivity contribution is 6.30. The largest absolute Gasteiger partial charge is 0.370 e. The maximum Gasteiger partial charge on any atom is 0.248 e. The van der Waals surface area contributed by atoms with Crippen LogP contribution in [-0.2, 0) is 6.54 Å². The van der Waals surface area contributed by atoms with E-state index in [2.05, 4.69) is 27.0 Å². The molecule has 7 heteroatoms. The number of rotatable bonds is 3. The molecule has 2 N–H and O–H groups in total.